The van der Waals surface area contributed by atoms with E-state index in [-0.39, 0.29) is 19.8 Å². The lowest BCUT2D eigenvalue weighted by molar-refractivity contribution is -0.156. The standard InChI is InChI=1S/C17H19F5O7.C12H7F5O5.C5H12O2/c1-3-4-26-5-6-27-16(25)28-8-17(2,7-23)15(24)29-14-12(21)10(19)9(18)11(20)13(14)22;1-12(2-20-11(19)21-3-12)10(18)22-9-7(16)5(14)4(13)6(15)8(9)17;1-2-4-7-5-3-6/h23H,3-8H2,1-2H3;2-3H2,1H3;6H,2-5H2,1H3. The molecule has 0 aliphatic carbocycles. The number of ether oxygens (including phenoxy) is 8. The van der Waals surface area contributed by atoms with E-state index in [0.29, 0.717) is 13.2 Å². The van der Waals surface area contributed by atoms with Gasteiger partial charge >= 0.3 is 24.2 Å². The zero-order chi connectivity index (χ0) is 44.4. The lowest BCUT2D eigenvalue weighted by Gasteiger charge is -2.29. The number of aliphatic hydroxyl groups is 2. The number of cyclic esters (lactones) is 2. The van der Waals surface area contributed by atoms with Crippen LogP contribution in [-0.2, 0) is 38.0 Å². The molecule has 328 valence electrons. The van der Waals surface area contributed by atoms with Crippen LogP contribution in [0, 0.1) is 69.0 Å². The second-order valence-corrected chi connectivity index (χ2v) is 12.0. The molecular formula is C34H38F10O14. The maximum absolute atomic E-state index is 13.6. The molecule has 0 radical (unpaired) electrons. The Morgan fingerprint density at radius 3 is 1.47 bits per heavy atom. The van der Waals surface area contributed by atoms with E-state index in [1.54, 1.807) is 0 Å². The van der Waals surface area contributed by atoms with Crippen LogP contribution in [-0.4, -0.2) is 101 Å². The largest absolute Gasteiger partial charge is 0.508 e. The summed E-state index contributed by atoms with van der Waals surface area (Å²) in [5, 5.41) is 17.5. The van der Waals surface area contributed by atoms with Gasteiger partial charge in [0.2, 0.25) is 69.7 Å². The Labute approximate surface area is 322 Å². The molecule has 0 saturated carbocycles. The summed E-state index contributed by atoms with van der Waals surface area (Å²) >= 11 is 0. The molecule has 1 unspecified atom stereocenters. The Kier molecular flexibility index (Phi) is 21.2. The Bertz CT molecular complexity index is 1660. The van der Waals surface area contributed by atoms with Gasteiger partial charge < -0.3 is 48.1 Å². The molecule has 0 spiro atoms. The smallest absolute Gasteiger partial charge is 0.433 e. The van der Waals surface area contributed by atoms with E-state index < -0.39 is 131 Å². The number of benzene rings is 2. The van der Waals surface area contributed by atoms with Gasteiger partial charge in [0, 0.05) is 13.2 Å². The minimum Gasteiger partial charge on any atom is -0.433 e. The molecule has 0 amide bonds. The number of carbonyl (C=O) groups is 4. The number of carbonyl (C=O) groups excluding carboxylic acids is 4. The predicted octanol–water partition coefficient (Wildman–Crippen LogP) is 5.73. The van der Waals surface area contributed by atoms with Crippen molar-refractivity contribution in [1.82, 2.24) is 0 Å². The summed E-state index contributed by atoms with van der Waals surface area (Å²) in [7, 11) is 0. The van der Waals surface area contributed by atoms with Crippen molar-refractivity contribution in [2.45, 2.75) is 40.5 Å². The average Bonchev–Trinajstić information content (AvgIpc) is 3.21. The first-order chi connectivity index (χ1) is 27.2. The number of halogens is 10. The third kappa shape index (κ3) is 14.2. The molecule has 1 heterocycles. The molecule has 3 rings (SSSR count). The quantitative estimate of drug-likeness (QED) is 0.0521. The summed E-state index contributed by atoms with van der Waals surface area (Å²) in [6.07, 6.45) is -0.528. The average molecular weight is 861 g/mol. The molecule has 14 nitrogen and oxygen atoms in total. The van der Waals surface area contributed by atoms with Gasteiger partial charge in [0.25, 0.3) is 0 Å². The summed E-state index contributed by atoms with van der Waals surface area (Å²) in [5.74, 6) is -29.9. The van der Waals surface area contributed by atoms with Gasteiger partial charge in [0.15, 0.2) is 0 Å². The molecule has 24 heteroatoms. The van der Waals surface area contributed by atoms with E-state index in [2.05, 4.69) is 28.4 Å². The molecule has 1 atom stereocenters. The topological polar surface area (TPSA) is 183 Å². The first-order valence-corrected chi connectivity index (χ1v) is 16.6. The Morgan fingerprint density at radius 1 is 0.638 bits per heavy atom. The number of hydrogen-bond donors (Lipinski definition) is 2. The van der Waals surface area contributed by atoms with Gasteiger partial charge in [-0.3, -0.25) is 9.59 Å². The van der Waals surface area contributed by atoms with Crippen molar-refractivity contribution in [2.24, 2.45) is 10.8 Å². The highest BCUT2D eigenvalue weighted by Crippen LogP contribution is 2.33. The summed E-state index contributed by atoms with van der Waals surface area (Å²) in [5.41, 5.74) is -3.74. The molecular weight excluding hydrogens is 822 g/mol. The van der Waals surface area contributed by atoms with Crippen LogP contribution in [0.2, 0.25) is 0 Å². The van der Waals surface area contributed by atoms with Gasteiger partial charge in [-0.15, -0.1) is 0 Å². The first-order valence-electron chi connectivity index (χ1n) is 16.6. The van der Waals surface area contributed by atoms with Crippen molar-refractivity contribution in [3.63, 3.8) is 0 Å². The maximum Gasteiger partial charge on any atom is 0.508 e. The van der Waals surface area contributed by atoms with Gasteiger partial charge in [0.05, 0.1) is 26.4 Å². The first kappa shape index (κ1) is 51.1. The fourth-order valence-corrected chi connectivity index (χ4v) is 3.59. The van der Waals surface area contributed by atoms with E-state index in [1.165, 1.54) is 0 Å². The predicted molar refractivity (Wildman–Crippen MR) is 171 cm³/mol. The Morgan fingerprint density at radius 2 is 1.05 bits per heavy atom. The minimum absolute atomic E-state index is 0.0858. The van der Waals surface area contributed by atoms with Crippen LogP contribution in [0.15, 0.2) is 0 Å². The maximum atomic E-state index is 13.6. The molecule has 2 N–H and O–H groups in total. The van der Waals surface area contributed by atoms with Crippen LogP contribution in [0.4, 0.5) is 53.5 Å². The van der Waals surface area contributed by atoms with Gasteiger partial charge in [0.1, 0.15) is 37.3 Å². The number of hydrogen-bond acceptors (Lipinski definition) is 14. The van der Waals surface area contributed by atoms with E-state index in [1.807, 2.05) is 13.8 Å². The van der Waals surface area contributed by atoms with Crippen LogP contribution in [0.3, 0.4) is 0 Å². The van der Waals surface area contributed by atoms with Gasteiger partial charge in [-0.05, 0) is 26.7 Å². The molecule has 1 fully saturated rings. The van der Waals surface area contributed by atoms with Gasteiger partial charge in [-0.1, -0.05) is 13.8 Å². The van der Waals surface area contributed by atoms with Crippen molar-refractivity contribution in [1.29, 1.82) is 0 Å². The second-order valence-electron chi connectivity index (χ2n) is 12.0. The fraction of sp³-hybridized carbons (Fsp3) is 0.529. The van der Waals surface area contributed by atoms with Gasteiger partial charge in [-0.25, -0.2) is 35.9 Å². The Hall–Kier alpha value is -4.94. The van der Waals surface area contributed by atoms with Crippen molar-refractivity contribution in [2.75, 3.05) is 66.1 Å². The van der Waals surface area contributed by atoms with Crippen LogP contribution >= 0.6 is 0 Å². The van der Waals surface area contributed by atoms with Crippen molar-refractivity contribution >= 4 is 24.2 Å². The van der Waals surface area contributed by atoms with Crippen molar-refractivity contribution < 1.29 is 111 Å². The highest BCUT2D eigenvalue weighted by Gasteiger charge is 2.44. The van der Waals surface area contributed by atoms with Crippen LogP contribution in [0.5, 0.6) is 11.5 Å². The normalized spacial score (nSPS) is 14.0. The fourth-order valence-electron chi connectivity index (χ4n) is 3.59. The van der Waals surface area contributed by atoms with Crippen molar-refractivity contribution in [3.05, 3.63) is 58.2 Å². The molecule has 1 aliphatic heterocycles. The summed E-state index contributed by atoms with van der Waals surface area (Å²) in [4.78, 5) is 46.1. The zero-order valence-electron chi connectivity index (χ0n) is 31.1. The highest BCUT2D eigenvalue weighted by molar-refractivity contribution is 5.81. The van der Waals surface area contributed by atoms with E-state index in [0.717, 1.165) is 33.3 Å². The zero-order valence-corrected chi connectivity index (χ0v) is 31.1. The van der Waals surface area contributed by atoms with E-state index in [4.69, 9.17) is 14.6 Å². The van der Waals surface area contributed by atoms with E-state index in [9.17, 15) is 68.2 Å². The number of aliphatic hydroxyl groups excluding tert-OH is 2. The van der Waals surface area contributed by atoms with Crippen LogP contribution < -0.4 is 9.47 Å². The molecule has 0 aromatic heterocycles. The molecule has 1 aliphatic rings. The number of rotatable bonds is 16. The summed E-state index contributed by atoms with van der Waals surface area (Å²) in [6, 6.07) is 0. The Balaban J connectivity index is 0.000000509. The third-order valence-electron chi connectivity index (χ3n) is 6.97. The van der Waals surface area contributed by atoms with Gasteiger partial charge in [-0.2, -0.15) is 17.6 Å². The molecule has 1 saturated heterocycles. The van der Waals surface area contributed by atoms with Crippen LogP contribution in [0.1, 0.15) is 40.5 Å². The summed E-state index contributed by atoms with van der Waals surface area (Å²) in [6.45, 7) is 4.80. The SMILES string of the molecule is CC1(C(=O)Oc2c(F)c(F)c(F)c(F)c2F)COC(=O)OC1.CCCOCCO.CCCOCCOC(=O)OCC(C)(CO)C(=O)Oc1c(F)c(F)c(F)c(F)c1F. The minimum atomic E-state index is -2.43. The molecule has 0 bridgehead atoms. The lowest BCUT2D eigenvalue weighted by Crippen LogP contribution is -2.45. The van der Waals surface area contributed by atoms with Crippen molar-refractivity contribution in [3.8, 4) is 11.5 Å². The van der Waals surface area contributed by atoms with Crippen LogP contribution in [0.25, 0.3) is 0 Å². The lowest BCUT2D eigenvalue weighted by atomic mass is 9.92. The number of esters is 2. The summed E-state index contributed by atoms with van der Waals surface area (Å²) < 4.78 is 169. The molecule has 2 aromatic carbocycles. The highest BCUT2D eigenvalue weighted by atomic mass is 19.2. The molecule has 2 aromatic rings. The molecule has 58 heavy (non-hydrogen) atoms. The van der Waals surface area contributed by atoms with E-state index >= 15 is 0 Å². The third-order valence-corrected chi connectivity index (χ3v) is 6.97. The monoisotopic (exact) mass is 860 g/mol. The second kappa shape index (κ2) is 24.1.